The molecule has 0 aliphatic carbocycles. The molecule has 2 bridgehead atoms. The van der Waals surface area contributed by atoms with E-state index in [1.807, 2.05) is 11.2 Å². The minimum Gasteiger partial charge on any atom is -0.374 e. The van der Waals surface area contributed by atoms with Crippen LogP contribution in [0.25, 0.3) is 27.9 Å². The maximum atomic E-state index is 14.2. The SMILES string of the molecule is CSCn1nc(-c2cnc3c(F)cc(F)cn23)c2cnc(C(=O)N3C[C@@H]4CC3CO4)cc21. The number of morpholine rings is 1. The van der Waals surface area contributed by atoms with E-state index in [0.717, 1.165) is 18.0 Å². The van der Waals surface area contributed by atoms with Gasteiger partial charge < -0.3 is 9.64 Å². The number of hydrogen-bond acceptors (Lipinski definition) is 6. The Bertz CT molecular complexity index is 1390. The number of likely N-dealkylation sites (tertiary alicyclic amines) is 1. The number of aromatic nitrogens is 5. The Morgan fingerprint density at radius 3 is 2.91 bits per heavy atom. The van der Waals surface area contributed by atoms with E-state index in [1.165, 1.54) is 16.8 Å². The fourth-order valence-corrected chi connectivity index (χ4v) is 5.02. The molecular formula is C21H18F2N6O2S. The first-order valence-corrected chi connectivity index (χ1v) is 11.5. The number of imidazole rings is 1. The second kappa shape index (κ2) is 7.24. The summed E-state index contributed by atoms with van der Waals surface area (Å²) in [5, 5.41) is 5.35. The fourth-order valence-electron chi connectivity index (χ4n) is 4.58. The lowest BCUT2D eigenvalue weighted by Crippen LogP contribution is -2.41. The zero-order valence-corrected chi connectivity index (χ0v) is 17.9. The highest BCUT2D eigenvalue weighted by atomic mass is 32.2. The Morgan fingerprint density at radius 1 is 1.28 bits per heavy atom. The predicted molar refractivity (Wildman–Crippen MR) is 114 cm³/mol. The summed E-state index contributed by atoms with van der Waals surface area (Å²) >= 11 is 1.56. The third-order valence-electron chi connectivity index (χ3n) is 6.04. The van der Waals surface area contributed by atoms with Crippen LogP contribution in [0.3, 0.4) is 0 Å². The summed E-state index contributed by atoms with van der Waals surface area (Å²) in [6, 6.07) is 2.63. The van der Waals surface area contributed by atoms with Gasteiger partial charge in [-0.3, -0.25) is 18.9 Å². The number of fused-ring (bicyclic) bond motifs is 4. The number of halogens is 2. The van der Waals surface area contributed by atoms with Gasteiger partial charge in [0, 0.05) is 30.4 Å². The zero-order valence-electron chi connectivity index (χ0n) is 17.0. The van der Waals surface area contributed by atoms with E-state index < -0.39 is 11.6 Å². The molecule has 4 aromatic heterocycles. The lowest BCUT2D eigenvalue weighted by Gasteiger charge is -2.26. The highest BCUT2D eigenvalue weighted by Gasteiger charge is 2.42. The second-order valence-corrected chi connectivity index (χ2v) is 8.83. The van der Waals surface area contributed by atoms with Crippen molar-refractivity contribution in [2.45, 2.75) is 24.4 Å². The van der Waals surface area contributed by atoms with Gasteiger partial charge in [0.1, 0.15) is 17.2 Å². The summed E-state index contributed by atoms with van der Waals surface area (Å²) in [6.07, 6.45) is 7.16. The molecule has 1 unspecified atom stereocenters. The monoisotopic (exact) mass is 456 g/mol. The number of nitrogens with zero attached hydrogens (tertiary/aromatic N) is 6. The molecule has 2 aliphatic heterocycles. The molecule has 2 fully saturated rings. The van der Waals surface area contributed by atoms with Crippen molar-refractivity contribution in [3.05, 3.63) is 48.1 Å². The number of hydrogen-bond donors (Lipinski definition) is 0. The minimum atomic E-state index is -0.751. The predicted octanol–water partition coefficient (Wildman–Crippen LogP) is 2.96. The Hall–Kier alpha value is -3.05. The van der Waals surface area contributed by atoms with Crippen LogP contribution in [0, 0.1) is 11.6 Å². The first-order chi connectivity index (χ1) is 15.5. The Labute approximate surface area is 185 Å². The van der Waals surface area contributed by atoms with Gasteiger partial charge in [0.25, 0.3) is 5.91 Å². The van der Waals surface area contributed by atoms with Gasteiger partial charge in [0.15, 0.2) is 11.5 Å². The lowest BCUT2D eigenvalue weighted by atomic mass is 10.2. The number of carbonyl (C=O) groups is 1. The molecule has 0 N–H and O–H groups in total. The van der Waals surface area contributed by atoms with Crippen molar-refractivity contribution >= 4 is 34.2 Å². The van der Waals surface area contributed by atoms with Crippen molar-refractivity contribution in [2.75, 3.05) is 19.4 Å². The van der Waals surface area contributed by atoms with Gasteiger partial charge in [-0.05, 0) is 18.7 Å². The summed E-state index contributed by atoms with van der Waals surface area (Å²) in [5.74, 6) is -1.05. The van der Waals surface area contributed by atoms with Crippen molar-refractivity contribution in [1.82, 2.24) is 29.0 Å². The molecule has 11 heteroatoms. The van der Waals surface area contributed by atoms with Crippen molar-refractivity contribution in [2.24, 2.45) is 0 Å². The van der Waals surface area contributed by atoms with Crippen LogP contribution >= 0.6 is 11.8 Å². The first kappa shape index (κ1) is 19.6. The maximum Gasteiger partial charge on any atom is 0.272 e. The number of amides is 1. The molecule has 1 amide bonds. The van der Waals surface area contributed by atoms with Crippen LogP contribution in [-0.2, 0) is 10.6 Å². The van der Waals surface area contributed by atoms with Crippen LogP contribution in [0.4, 0.5) is 8.78 Å². The van der Waals surface area contributed by atoms with E-state index in [1.54, 1.807) is 28.7 Å². The molecule has 6 rings (SSSR count). The lowest BCUT2D eigenvalue weighted by molar-refractivity contribution is 0.0256. The molecule has 2 aliphatic rings. The normalized spacial score (nSPS) is 20.2. The third-order valence-corrected chi connectivity index (χ3v) is 6.54. The number of carbonyl (C=O) groups excluding carboxylic acids is 1. The number of thioether (sulfide) groups is 1. The largest absolute Gasteiger partial charge is 0.374 e. The highest BCUT2D eigenvalue weighted by molar-refractivity contribution is 7.97. The number of ether oxygens (including phenoxy) is 1. The molecule has 0 saturated carbocycles. The van der Waals surface area contributed by atoms with Gasteiger partial charge in [0.2, 0.25) is 0 Å². The average molecular weight is 456 g/mol. The fraction of sp³-hybridized carbons (Fsp3) is 0.333. The number of pyridine rings is 2. The maximum absolute atomic E-state index is 14.2. The van der Waals surface area contributed by atoms with Crippen molar-refractivity contribution in [3.8, 4) is 11.4 Å². The van der Waals surface area contributed by atoms with Crippen LogP contribution in [0.1, 0.15) is 16.9 Å². The average Bonchev–Trinajstić information content (AvgIpc) is 3.56. The smallest absolute Gasteiger partial charge is 0.272 e. The van der Waals surface area contributed by atoms with E-state index in [-0.39, 0.29) is 23.7 Å². The zero-order chi connectivity index (χ0) is 22.0. The topological polar surface area (TPSA) is 77.6 Å². The summed E-state index contributed by atoms with van der Waals surface area (Å²) < 4.78 is 36.7. The molecule has 4 aromatic rings. The van der Waals surface area contributed by atoms with E-state index in [9.17, 15) is 13.6 Å². The van der Waals surface area contributed by atoms with Gasteiger partial charge in [-0.25, -0.2) is 13.8 Å². The first-order valence-electron chi connectivity index (χ1n) is 10.1. The van der Waals surface area contributed by atoms with E-state index in [4.69, 9.17) is 4.74 Å². The Kier molecular flexibility index (Phi) is 4.44. The van der Waals surface area contributed by atoms with E-state index in [2.05, 4.69) is 15.1 Å². The van der Waals surface area contributed by atoms with E-state index >= 15 is 0 Å². The Morgan fingerprint density at radius 2 is 2.16 bits per heavy atom. The van der Waals surface area contributed by atoms with Crippen LogP contribution in [0.15, 0.2) is 30.7 Å². The Balaban J connectivity index is 1.47. The van der Waals surface area contributed by atoms with Gasteiger partial charge >= 0.3 is 0 Å². The minimum absolute atomic E-state index is 0.0139. The van der Waals surface area contributed by atoms with Gasteiger partial charge in [-0.15, -0.1) is 11.8 Å². The van der Waals surface area contributed by atoms with Crippen molar-refractivity contribution < 1.29 is 18.3 Å². The molecule has 2 atom stereocenters. The molecule has 0 aromatic carbocycles. The summed E-state index contributed by atoms with van der Waals surface area (Å²) in [6.45, 7) is 1.14. The molecule has 2 saturated heterocycles. The van der Waals surface area contributed by atoms with Crippen LogP contribution in [0.5, 0.6) is 0 Å². The molecule has 0 spiro atoms. The quantitative estimate of drug-likeness (QED) is 0.470. The molecular weight excluding hydrogens is 438 g/mol. The van der Waals surface area contributed by atoms with Gasteiger partial charge in [-0.1, -0.05) is 0 Å². The summed E-state index contributed by atoms with van der Waals surface area (Å²) in [7, 11) is 0. The summed E-state index contributed by atoms with van der Waals surface area (Å²) in [4.78, 5) is 23.5. The third kappa shape index (κ3) is 2.91. The van der Waals surface area contributed by atoms with E-state index in [0.29, 0.717) is 41.5 Å². The van der Waals surface area contributed by atoms with Crippen LogP contribution in [-0.4, -0.2) is 66.5 Å². The van der Waals surface area contributed by atoms with Crippen molar-refractivity contribution in [3.63, 3.8) is 0 Å². The van der Waals surface area contributed by atoms with Gasteiger partial charge in [0.05, 0.1) is 42.0 Å². The number of rotatable bonds is 4. The molecule has 8 nitrogen and oxygen atoms in total. The highest BCUT2D eigenvalue weighted by Crippen LogP contribution is 2.32. The second-order valence-electron chi connectivity index (χ2n) is 8.00. The molecule has 164 valence electrons. The standard InChI is InChI=1S/C21H18F2N6O2S/c1-32-10-29-17-4-16(21(30)27-8-13-3-12(27)9-31-13)24-5-14(17)19(26-29)18-6-25-20-15(23)2-11(22)7-28(18)20/h2,4-7,12-13H,3,8-10H2,1H3/t12?,13-/m0/s1. The molecule has 0 radical (unpaired) electrons. The van der Waals surface area contributed by atoms with Crippen molar-refractivity contribution in [1.29, 1.82) is 0 Å². The van der Waals surface area contributed by atoms with Gasteiger partial charge in [-0.2, -0.15) is 5.10 Å². The van der Waals surface area contributed by atoms with Crippen LogP contribution in [0.2, 0.25) is 0 Å². The molecule has 6 heterocycles. The summed E-state index contributed by atoms with van der Waals surface area (Å²) in [5.41, 5.74) is 2.01. The van der Waals surface area contributed by atoms with Crippen LogP contribution < -0.4 is 0 Å². The molecule has 32 heavy (non-hydrogen) atoms.